The zero-order valence-electron chi connectivity index (χ0n) is 16.4. The molecule has 4 nitrogen and oxygen atoms in total. The summed E-state index contributed by atoms with van der Waals surface area (Å²) < 4.78 is 23.7. The average Bonchev–Trinajstić information content (AvgIpc) is 2.67. The number of ether oxygens (including phenoxy) is 4. The Balaban J connectivity index is 2.73. The normalized spacial score (nSPS) is 11.5. The molecular formula is C21H28O4S. The molecule has 2 rings (SSSR count). The number of hydrogen-bond donors (Lipinski definition) is 0. The highest BCUT2D eigenvalue weighted by Gasteiger charge is 2.39. The van der Waals surface area contributed by atoms with Gasteiger partial charge < -0.3 is 18.9 Å². The molecule has 0 atom stereocenters. The fourth-order valence-electron chi connectivity index (χ4n) is 3.15. The first-order chi connectivity index (χ1) is 12.6. The molecular weight excluding hydrogens is 348 g/mol. The van der Waals surface area contributed by atoms with Gasteiger partial charge in [-0.2, -0.15) is 0 Å². The standard InChI is InChI=1S/C21H28O4S/c1-7-24-21(25-8-2,16-9-11-17(26-6)12-10-16)18-13-14-19(22-4)15(3)20(18)23-5/h9-14H,7-8H2,1-6H3. The fourth-order valence-corrected chi connectivity index (χ4v) is 3.56. The third kappa shape index (κ3) is 3.85. The van der Waals surface area contributed by atoms with Gasteiger partial charge in [-0.1, -0.05) is 12.1 Å². The molecule has 0 bridgehead atoms. The van der Waals surface area contributed by atoms with E-state index < -0.39 is 5.79 Å². The van der Waals surface area contributed by atoms with E-state index in [9.17, 15) is 0 Å². The smallest absolute Gasteiger partial charge is 0.225 e. The molecule has 0 amide bonds. The summed E-state index contributed by atoms with van der Waals surface area (Å²) >= 11 is 1.70. The van der Waals surface area contributed by atoms with Crippen molar-refractivity contribution in [2.75, 3.05) is 33.7 Å². The zero-order chi connectivity index (χ0) is 19.2. The number of rotatable bonds is 9. The molecule has 0 heterocycles. The Morgan fingerprint density at radius 1 is 0.885 bits per heavy atom. The van der Waals surface area contributed by atoms with Gasteiger partial charge in [-0.15, -0.1) is 11.8 Å². The molecule has 0 spiro atoms. The van der Waals surface area contributed by atoms with Crippen molar-refractivity contribution in [3.05, 3.63) is 53.1 Å². The van der Waals surface area contributed by atoms with Crippen LogP contribution in [0.3, 0.4) is 0 Å². The van der Waals surface area contributed by atoms with Gasteiger partial charge in [-0.05, 0) is 51.3 Å². The van der Waals surface area contributed by atoms with E-state index in [0.717, 1.165) is 22.4 Å². The summed E-state index contributed by atoms with van der Waals surface area (Å²) in [5.74, 6) is 0.438. The summed E-state index contributed by atoms with van der Waals surface area (Å²) in [5.41, 5.74) is 2.68. The molecule has 0 unspecified atom stereocenters. The van der Waals surface area contributed by atoms with Crippen LogP contribution in [0.15, 0.2) is 41.3 Å². The van der Waals surface area contributed by atoms with E-state index in [2.05, 4.69) is 30.5 Å². The van der Waals surface area contributed by atoms with Gasteiger partial charge in [0.15, 0.2) is 0 Å². The summed E-state index contributed by atoms with van der Waals surface area (Å²) in [6, 6.07) is 12.1. The van der Waals surface area contributed by atoms with Crippen LogP contribution in [0.4, 0.5) is 0 Å². The van der Waals surface area contributed by atoms with Gasteiger partial charge in [-0.25, -0.2) is 0 Å². The first-order valence-electron chi connectivity index (χ1n) is 8.72. The van der Waals surface area contributed by atoms with Crippen molar-refractivity contribution in [2.45, 2.75) is 31.5 Å². The van der Waals surface area contributed by atoms with E-state index in [1.165, 1.54) is 4.90 Å². The van der Waals surface area contributed by atoms with Gasteiger partial charge in [0.25, 0.3) is 0 Å². The minimum atomic E-state index is -1.04. The van der Waals surface area contributed by atoms with Crippen molar-refractivity contribution in [3.8, 4) is 11.5 Å². The summed E-state index contributed by atoms with van der Waals surface area (Å²) in [7, 11) is 3.31. The molecule has 2 aromatic carbocycles. The Labute approximate surface area is 160 Å². The molecule has 0 fully saturated rings. The minimum absolute atomic E-state index is 0.499. The Kier molecular flexibility index (Phi) is 7.38. The second kappa shape index (κ2) is 9.31. The van der Waals surface area contributed by atoms with Crippen molar-refractivity contribution in [1.29, 1.82) is 0 Å². The van der Waals surface area contributed by atoms with E-state index in [1.807, 2.05) is 32.9 Å². The van der Waals surface area contributed by atoms with Crippen LogP contribution in [0.25, 0.3) is 0 Å². The van der Waals surface area contributed by atoms with Crippen LogP contribution in [-0.4, -0.2) is 33.7 Å². The number of benzene rings is 2. The molecule has 0 aliphatic carbocycles. The van der Waals surface area contributed by atoms with Crippen molar-refractivity contribution >= 4 is 11.8 Å². The molecule has 26 heavy (non-hydrogen) atoms. The van der Waals surface area contributed by atoms with E-state index in [0.29, 0.717) is 19.0 Å². The van der Waals surface area contributed by atoms with E-state index >= 15 is 0 Å². The summed E-state index contributed by atoms with van der Waals surface area (Å²) in [6.07, 6.45) is 2.06. The maximum atomic E-state index is 6.24. The molecule has 2 aromatic rings. The maximum absolute atomic E-state index is 6.24. The van der Waals surface area contributed by atoms with Gasteiger partial charge in [-0.3, -0.25) is 0 Å². The lowest BCUT2D eigenvalue weighted by atomic mass is 9.94. The zero-order valence-corrected chi connectivity index (χ0v) is 17.2. The van der Waals surface area contributed by atoms with Gasteiger partial charge >= 0.3 is 0 Å². The lowest BCUT2D eigenvalue weighted by molar-refractivity contribution is -0.213. The van der Waals surface area contributed by atoms with Gasteiger partial charge in [0.1, 0.15) is 11.5 Å². The SMILES string of the molecule is CCOC(OCC)(c1ccc(SC)cc1)c1ccc(OC)c(C)c1OC. The molecule has 0 aliphatic rings. The number of methoxy groups -OCH3 is 2. The second-order valence-corrected chi connectivity index (χ2v) is 6.56. The Hall–Kier alpha value is -1.69. The molecule has 0 aromatic heterocycles. The molecule has 0 saturated heterocycles. The molecule has 0 N–H and O–H groups in total. The predicted molar refractivity (Wildman–Crippen MR) is 107 cm³/mol. The minimum Gasteiger partial charge on any atom is -0.496 e. The van der Waals surface area contributed by atoms with Crippen molar-refractivity contribution in [1.82, 2.24) is 0 Å². The van der Waals surface area contributed by atoms with Gasteiger partial charge in [0.05, 0.1) is 19.8 Å². The molecule has 5 heteroatoms. The fraction of sp³-hybridized carbons (Fsp3) is 0.429. The lowest BCUT2D eigenvalue weighted by Gasteiger charge is -2.35. The van der Waals surface area contributed by atoms with Crippen molar-refractivity contribution in [2.24, 2.45) is 0 Å². The third-order valence-electron chi connectivity index (χ3n) is 4.30. The Bertz CT molecular complexity index is 707. The highest BCUT2D eigenvalue weighted by Crippen LogP contribution is 2.44. The Morgan fingerprint density at radius 2 is 1.50 bits per heavy atom. The first-order valence-corrected chi connectivity index (χ1v) is 9.94. The lowest BCUT2D eigenvalue weighted by Crippen LogP contribution is -2.35. The van der Waals surface area contributed by atoms with E-state index in [-0.39, 0.29) is 0 Å². The van der Waals surface area contributed by atoms with Gasteiger partial charge in [0.2, 0.25) is 5.79 Å². The van der Waals surface area contributed by atoms with Crippen LogP contribution in [0.2, 0.25) is 0 Å². The predicted octanol–water partition coefficient (Wildman–Crippen LogP) is 5.01. The summed E-state index contributed by atoms with van der Waals surface area (Å²) in [5, 5.41) is 0. The van der Waals surface area contributed by atoms with Crippen molar-refractivity contribution < 1.29 is 18.9 Å². The van der Waals surface area contributed by atoms with Crippen LogP contribution in [0, 0.1) is 6.92 Å². The highest BCUT2D eigenvalue weighted by atomic mass is 32.2. The largest absolute Gasteiger partial charge is 0.496 e. The van der Waals surface area contributed by atoms with Crippen LogP contribution in [-0.2, 0) is 15.3 Å². The van der Waals surface area contributed by atoms with E-state index in [1.54, 1.807) is 26.0 Å². The molecule has 0 aliphatic heterocycles. The topological polar surface area (TPSA) is 36.9 Å². The third-order valence-corrected chi connectivity index (χ3v) is 5.04. The van der Waals surface area contributed by atoms with Crippen molar-refractivity contribution in [3.63, 3.8) is 0 Å². The molecule has 0 radical (unpaired) electrons. The molecule has 0 saturated carbocycles. The van der Waals surface area contributed by atoms with Crippen LogP contribution in [0.1, 0.15) is 30.5 Å². The summed E-state index contributed by atoms with van der Waals surface area (Å²) in [4.78, 5) is 1.19. The number of hydrogen-bond acceptors (Lipinski definition) is 5. The number of thioether (sulfide) groups is 1. The van der Waals surface area contributed by atoms with Gasteiger partial charge in [0, 0.05) is 29.2 Å². The summed E-state index contributed by atoms with van der Waals surface area (Å²) in [6.45, 7) is 6.90. The first kappa shape index (κ1) is 20.6. The van der Waals surface area contributed by atoms with Crippen LogP contribution >= 0.6 is 11.8 Å². The quantitative estimate of drug-likeness (QED) is 0.454. The Morgan fingerprint density at radius 3 is 1.96 bits per heavy atom. The average molecular weight is 377 g/mol. The van der Waals surface area contributed by atoms with Crippen LogP contribution in [0.5, 0.6) is 11.5 Å². The molecule has 142 valence electrons. The second-order valence-electron chi connectivity index (χ2n) is 5.68. The highest BCUT2D eigenvalue weighted by molar-refractivity contribution is 7.98. The monoisotopic (exact) mass is 376 g/mol. The maximum Gasteiger partial charge on any atom is 0.225 e. The van der Waals surface area contributed by atoms with E-state index in [4.69, 9.17) is 18.9 Å². The van der Waals surface area contributed by atoms with Crippen LogP contribution < -0.4 is 9.47 Å².